The fourth-order valence-corrected chi connectivity index (χ4v) is 2.81. The van der Waals surface area contributed by atoms with Crippen LogP contribution in [0.2, 0.25) is 0 Å². The van der Waals surface area contributed by atoms with Crippen LogP contribution in [-0.2, 0) is 0 Å². The Hall–Kier alpha value is -1.45. The van der Waals surface area contributed by atoms with Gasteiger partial charge in [-0.15, -0.1) is 29.8 Å². The summed E-state index contributed by atoms with van der Waals surface area (Å²) in [7, 11) is 0. The van der Waals surface area contributed by atoms with Gasteiger partial charge in [-0.3, -0.25) is 4.98 Å². The van der Waals surface area contributed by atoms with E-state index in [2.05, 4.69) is 91.6 Å². The predicted molar refractivity (Wildman–Crippen MR) is 123 cm³/mol. The molecule has 4 rings (SSSR count). The molecule has 0 aliphatic carbocycles. The summed E-state index contributed by atoms with van der Waals surface area (Å²) in [6.07, 6.45) is 3.24. The second kappa shape index (κ2) is 13.7. The molecule has 138 valence electrons. The summed E-state index contributed by atoms with van der Waals surface area (Å²) in [5.74, 6) is 0. The number of H-pyrrole nitrogens is 1. The summed E-state index contributed by atoms with van der Waals surface area (Å²) in [6.45, 7) is 8.25. The molecular weight excluding hydrogens is 414 g/mol. The van der Waals surface area contributed by atoms with Crippen molar-refractivity contribution >= 4 is 56.3 Å². The third kappa shape index (κ3) is 6.56. The van der Waals surface area contributed by atoms with E-state index >= 15 is 0 Å². The van der Waals surface area contributed by atoms with Gasteiger partial charge in [0, 0.05) is 11.5 Å². The van der Waals surface area contributed by atoms with Crippen LogP contribution < -0.4 is 4.98 Å². The van der Waals surface area contributed by atoms with E-state index in [1.807, 2.05) is 32.2 Å². The number of pyridine rings is 1. The van der Waals surface area contributed by atoms with Crippen molar-refractivity contribution in [3.8, 4) is 22.4 Å². The molecule has 0 amide bonds. The standard InChI is InChI=1S/C21H14N.C3H8.C2H6.Sr/c1-2-7-16(8-3-1)18-10-6-11-19(15-18)21-20-12-5-4-9-17(20)13-14-22-21;1-3-2;1-2;/h1-10,12-15H;3H2,1-2H3;1-2H3;/q-1;;;+2/p+1. The third-order valence-electron chi connectivity index (χ3n) is 3.90. The SMILES string of the molecule is CC.CCC.[Sr+2].[c-]1ccc(-c2ccccc2)cc1-c1[nH+]ccc2ccccc12. The Morgan fingerprint density at radius 1 is 0.786 bits per heavy atom. The molecule has 1 aromatic heterocycles. The van der Waals surface area contributed by atoms with Crippen LogP contribution in [0.4, 0.5) is 0 Å². The molecule has 0 unspecified atom stereocenters. The minimum Gasteiger partial charge on any atom is -0.251 e. The molecule has 0 aliphatic heterocycles. The molecule has 0 aliphatic rings. The first-order valence-corrected chi connectivity index (χ1v) is 9.80. The van der Waals surface area contributed by atoms with E-state index in [1.165, 1.54) is 28.3 Å². The van der Waals surface area contributed by atoms with Crippen molar-refractivity contribution in [2.24, 2.45) is 0 Å². The number of benzene rings is 3. The third-order valence-corrected chi connectivity index (χ3v) is 3.90. The van der Waals surface area contributed by atoms with Crippen molar-refractivity contribution in [1.29, 1.82) is 0 Å². The molecule has 4 aromatic rings. The average molecular weight is 443 g/mol. The number of hydrogen-bond acceptors (Lipinski definition) is 0. The quantitative estimate of drug-likeness (QED) is 0.238. The molecule has 1 heterocycles. The minimum atomic E-state index is 0. The van der Waals surface area contributed by atoms with Gasteiger partial charge in [0.25, 0.3) is 0 Å². The topological polar surface area (TPSA) is 14.1 Å². The van der Waals surface area contributed by atoms with Crippen molar-refractivity contribution in [3.05, 3.63) is 91.1 Å². The normalized spacial score (nSPS) is 9.29. The smallest absolute Gasteiger partial charge is 0.251 e. The van der Waals surface area contributed by atoms with Crippen molar-refractivity contribution in [1.82, 2.24) is 0 Å². The first-order chi connectivity index (χ1) is 13.3. The van der Waals surface area contributed by atoms with Gasteiger partial charge in [0.05, 0.1) is 0 Å². The number of hydrogen-bond donors (Lipinski definition) is 0. The van der Waals surface area contributed by atoms with Crippen LogP contribution in [-0.4, -0.2) is 45.5 Å². The summed E-state index contributed by atoms with van der Waals surface area (Å²) in [5, 5.41) is 2.45. The largest absolute Gasteiger partial charge is 2.00 e. The zero-order valence-electron chi connectivity index (χ0n) is 17.5. The van der Waals surface area contributed by atoms with Gasteiger partial charge in [0.2, 0.25) is 0 Å². The first kappa shape index (κ1) is 24.6. The van der Waals surface area contributed by atoms with Crippen molar-refractivity contribution in [3.63, 3.8) is 0 Å². The fraction of sp³-hybridized carbons (Fsp3) is 0.192. The van der Waals surface area contributed by atoms with Gasteiger partial charge < -0.3 is 0 Å². The molecule has 0 saturated carbocycles. The van der Waals surface area contributed by atoms with Gasteiger partial charge in [-0.05, 0) is 10.9 Å². The van der Waals surface area contributed by atoms with Gasteiger partial charge in [-0.2, -0.15) is 0 Å². The van der Waals surface area contributed by atoms with Crippen LogP contribution in [0.1, 0.15) is 34.1 Å². The molecule has 0 radical (unpaired) electrons. The van der Waals surface area contributed by atoms with Crippen LogP contribution in [0.3, 0.4) is 0 Å². The molecule has 2 heteroatoms. The van der Waals surface area contributed by atoms with Crippen LogP contribution in [0, 0.1) is 6.07 Å². The molecule has 0 spiro atoms. The molecule has 28 heavy (non-hydrogen) atoms. The zero-order chi connectivity index (χ0) is 19.5. The number of aromatic amines is 1. The van der Waals surface area contributed by atoms with E-state index in [9.17, 15) is 0 Å². The van der Waals surface area contributed by atoms with E-state index in [-0.39, 0.29) is 45.5 Å². The second-order valence-electron chi connectivity index (χ2n) is 6.00. The molecule has 0 atom stereocenters. The molecule has 0 saturated heterocycles. The Morgan fingerprint density at radius 3 is 2.14 bits per heavy atom. The minimum absolute atomic E-state index is 0. The van der Waals surface area contributed by atoms with Crippen molar-refractivity contribution in [2.75, 3.05) is 0 Å². The summed E-state index contributed by atoms with van der Waals surface area (Å²) in [4.78, 5) is 3.38. The monoisotopic (exact) mass is 443 g/mol. The molecule has 3 aromatic carbocycles. The van der Waals surface area contributed by atoms with Crippen molar-refractivity contribution < 1.29 is 4.98 Å². The number of rotatable bonds is 2. The second-order valence-corrected chi connectivity index (χ2v) is 6.00. The van der Waals surface area contributed by atoms with Gasteiger partial charge in [0.1, 0.15) is 5.69 Å². The molecule has 0 fully saturated rings. The number of nitrogens with one attached hydrogen (secondary N) is 1. The Balaban J connectivity index is 0.000000600. The maximum absolute atomic E-state index is 3.38. The summed E-state index contributed by atoms with van der Waals surface area (Å²) in [5.41, 5.74) is 4.61. The average Bonchev–Trinajstić information content (AvgIpc) is 2.76. The van der Waals surface area contributed by atoms with E-state index in [1.54, 1.807) is 0 Å². The van der Waals surface area contributed by atoms with E-state index in [0.717, 1.165) is 11.3 Å². The van der Waals surface area contributed by atoms with Crippen LogP contribution in [0.15, 0.2) is 85.1 Å². The Labute approximate surface area is 207 Å². The Bertz CT molecular complexity index is 943. The van der Waals surface area contributed by atoms with E-state index < -0.39 is 0 Å². The van der Waals surface area contributed by atoms with Gasteiger partial charge in [0.15, 0.2) is 6.20 Å². The molecule has 0 bridgehead atoms. The van der Waals surface area contributed by atoms with Crippen LogP contribution >= 0.6 is 0 Å². The summed E-state index contributed by atoms with van der Waals surface area (Å²) < 4.78 is 0. The molecular formula is C26H29NSr+2. The van der Waals surface area contributed by atoms with Crippen LogP contribution in [0.25, 0.3) is 33.2 Å². The molecule has 1 N–H and O–H groups in total. The Kier molecular flexibility index (Phi) is 12.0. The predicted octanol–water partition coefficient (Wildman–Crippen LogP) is 6.85. The molecule has 1 nitrogen and oxygen atoms in total. The van der Waals surface area contributed by atoms with Gasteiger partial charge >= 0.3 is 45.5 Å². The maximum atomic E-state index is 3.38. The van der Waals surface area contributed by atoms with E-state index in [0.29, 0.717) is 0 Å². The summed E-state index contributed by atoms with van der Waals surface area (Å²) >= 11 is 0. The zero-order valence-corrected chi connectivity index (χ0v) is 21.0. The Morgan fingerprint density at radius 2 is 1.43 bits per heavy atom. The maximum Gasteiger partial charge on any atom is 2.00 e. The van der Waals surface area contributed by atoms with Crippen LogP contribution in [0.5, 0.6) is 0 Å². The van der Waals surface area contributed by atoms with E-state index in [4.69, 9.17) is 0 Å². The fourth-order valence-electron chi connectivity index (χ4n) is 2.81. The van der Waals surface area contributed by atoms with Gasteiger partial charge in [-0.1, -0.05) is 94.3 Å². The summed E-state index contributed by atoms with van der Waals surface area (Å²) in [6, 6.07) is 30.6. The van der Waals surface area contributed by atoms with Gasteiger partial charge in [-0.25, -0.2) is 0 Å². The first-order valence-electron chi connectivity index (χ1n) is 9.80. The van der Waals surface area contributed by atoms with Crippen molar-refractivity contribution in [2.45, 2.75) is 34.1 Å². The number of fused-ring (bicyclic) bond motifs is 1. The number of aromatic nitrogens is 1.